The third kappa shape index (κ3) is 1.22. The number of aromatic amines is 1. The Morgan fingerprint density at radius 3 is 2.50 bits per heavy atom. The highest BCUT2D eigenvalue weighted by Crippen LogP contribution is 2.17. The van der Waals surface area contributed by atoms with Crippen LogP contribution < -0.4 is 5.56 Å². The summed E-state index contributed by atoms with van der Waals surface area (Å²) in [6.45, 7) is 5.59. The maximum atomic E-state index is 11.0. The predicted octanol–water partition coefficient (Wildman–Crippen LogP) is 1.26. The molecule has 0 aliphatic carbocycles. The van der Waals surface area contributed by atoms with Gasteiger partial charge in [0.25, 0.3) is 5.56 Å². The minimum atomic E-state index is -0.401. The van der Waals surface area contributed by atoms with Crippen LogP contribution in [0.2, 0.25) is 0 Å². The van der Waals surface area contributed by atoms with Crippen molar-refractivity contribution in [3.05, 3.63) is 27.2 Å². The van der Waals surface area contributed by atoms with Crippen molar-refractivity contribution < 1.29 is 5.11 Å². The van der Waals surface area contributed by atoms with E-state index in [9.17, 15) is 9.90 Å². The van der Waals surface area contributed by atoms with Gasteiger partial charge in [-0.3, -0.25) is 4.79 Å². The molecule has 66 valence electrons. The van der Waals surface area contributed by atoms with Gasteiger partial charge in [0.05, 0.1) is 0 Å². The molecule has 0 radical (unpaired) electrons. The number of H-pyrrole nitrogens is 1. The minimum Gasteiger partial charge on any atom is -0.503 e. The zero-order valence-electron chi connectivity index (χ0n) is 7.56. The summed E-state index contributed by atoms with van der Waals surface area (Å²) < 4.78 is 0. The van der Waals surface area contributed by atoms with Crippen LogP contribution in [0.15, 0.2) is 4.79 Å². The highest BCUT2D eigenvalue weighted by molar-refractivity contribution is 5.38. The van der Waals surface area contributed by atoms with Gasteiger partial charge >= 0.3 is 0 Å². The summed E-state index contributed by atoms with van der Waals surface area (Å²) >= 11 is 0. The van der Waals surface area contributed by atoms with Crippen LogP contribution in [0.5, 0.6) is 5.75 Å². The summed E-state index contributed by atoms with van der Waals surface area (Å²) in [5.41, 5.74) is 2.16. The topological polar surface area (TPSA) is 53.1 Å². The zero-order chi connectivity index (χ0) is 9.30. The number of aromatic nitrogens is 1. The lowest BCUT2D eigenvalue weighted by Gasteiger charge is -2.07. The van der Waals surface area contributed by atoms with Crippen LogP contribution in [-0.4, -0.2) is 10.1 Å². The average Bonchev–Trinajstić information content (AvgIpc) is 2.01. The highest BCUT2D eigenvalue weighted by atomic mass is 16.3. The Morgan fingerprint density at radius 1 is 1.42 bits per heavy atom. The van der Waals surface area contributed by atoms with Gasteiger partial charge in [-0.05, 0) is 25.8 Å². The van der Waals surface area contributed by atoms with E-state index in [1.54, 1.807) is 6.92 Å². The Balaban J connectivity index is 3.51. The normalized spacial score (nSPS) is 10.2. The van der Waals surface area contributed by atoms with Crippen molar-refractivity contribution in [2.24, 2.45) is 0 Å². The van der Waals surface area contributed by atoms with Crippen molar-refractivity contribution in [2.75, 3.05) is 0 Å². The van der Waals surface area contributed by atoms with Crippen LogP contribution in [0.25, 0.3) is 0 Å². The van der Waals surface area contributed by atoms with E-state index in [0.717, 1.165) is 17.7 Å². The highest BCUT2D eigenvalue weighted by Gasteiger charge is 2.08. The van der Waals surface area contributed by atoms with Gasteiger partial charge < -0.3 is 10.1 Å². The Morgan fingerprint density at radius 2 is 2.00 bits per heavy atom. The first-order chi connectivity index (χ1) is 5.57. The Bertz CT molecular complexity index is 352. The predicted molar refractivity (Wildman–Crippen MR) is 47.6 cm³/mol. The van der Waals surface area contributed by atoms with E-state index in [0.29, 0.717) is 5.56 Å². The third-order valence-electron chi connectivity index (χ3n) is 2.13. The summed E-state index contributed by atoms with van der Waals surface area (Å²) in [4.78, 5) is 13.6. The molecule has 0 unspecified atom stereocenters. The maximum absolute atomic E-state index is 11.0. The Kier molecular flexibility index (Phi) is 2.22. The number of hydrogen-bond acceptors (Lipinski definition) is 2. The first-order valence-electron chi connectivity index (χ1n) is 3.99. The quantitative estimate of drug-likeness (QED) is 0.661. The number of aromatic hydroxyl groups is 1. The molecule has 0 amide bonds. The molecule has 0 spiro atoms. The number of pyridine rings is 1. The largest absolute Gasteiger partial charge is 0.503 e. The molecule has 12 heavy (non-hydrogen) atoms. The minimum absolute atomic E-state index is 0.155. The van der Waals surface area contributed by atoms with Gasteiger partial charge in [0.15, 0.2) is 5.75 Å². The lowest BCUT2D eigenvalue weighted by molar-refractivity contribution is 0.460. The summed E-state index contributed by atoms with van der Waals surface area (Å²) in [6.07, 6.45) is 0.821. The van der Waals surface area contributed by atoms with Crippen LogP contribution >= 0.6 is 0 Å². The zero-order valence-corrected chi connectivity index (χ0v) is 7.56. The SMILES string of the molecule is CCc1c(C)[nH]c(=O)c(O)c1C. The Hall–Kier alpha value is -1.25. The first kappa shape index (κ1) is 8.84. The van der Waals surface area contributed by atoms with Crippen molar-refractivity contribution in [1.82, 2.24) is 4.98 Å². The van der Waals surface area contributed by atoms with Crippen molar-refractivity contribution in [1.29, 1.82) is 0 Å². The number of nitrogens with one attached hydrogen (secondary N) is 1. The summed E-state index contributed by atoms with van der Waals surface area (Å²) in [5.74, 6) is -0.155. The molecule has 1 rings (SSSR count). The molecule has 0 fully saturated rings. The van der Waals surface area contributed by atoms with Gasteiger partial charge in [-0.25, -0.2) is 0 Å². The second-order valence-electron chi connectivity index (χ2n) is 2.88. The van der Waals surface area contributed by atoms with Crippen molar-refractivity contribution >= 4 is 0 Å². The van der Waals surface area contributed by atoms with Gasteiger partial charge in [0.1, 0.15) is 0 Å². The molecule has 0 atom stereocenters. The van der Waals surface area contributed by atoms with E-state index >= 15 is 0 Å². The number of aryl methyl sites for hydroxylation is 1. The van der Waals surface area contributed by atoms with Crippen LogP contribution in [-0.2, 0) is 6.42 Å². The molecule has 1 aromatic rings. The van der Waals surface area contributed by atoms with Crippen LogP contribution in [0.4, 0.5) is 0 Å². The number of rotatable bonds is 1. The monoisotopic (exact) mass is 167 g/mol. The molecule has 3 heteroatoms. The Labute approximate surface area is 71.1 Å². The molecule has 2 N–H and O–H groups in total. The van der Waals surface area contributed by atoms with Gasteiger partial charge in [-0.15, -0.1) is 0 Å². The van der Waals surface area contributed by atoms with Gasteiger partial charge in [-0.2, -0.15) is 0 Å². The lowest BCUT2D eigenvalue weighted by Crippen LogP contribution is -2.11. The molecular formula is C9H13NO2. The van der Waals surface area contributed by atoms with Crippen molar-refractivity contribution in [2.45, 2.75) is 27.2 Å². The van der Waals surface area contributed by atoms with Crippen LogP contribution in [0.1, 0.15) is 23.7 Å². The van der Waals surface area contributed by atoms with E-state index in [-0.39, 0.29) is 5.75 Å². The van der Waals surface area contributed by atoms with Crippen LogP contribution in [0.3, 0.4) is 0 Å². The second kappa shape index (κ2) is 3.01. The van der Waals surface area contributed by atoms with E-state index < -0.39 is 5.56 Å². The average molecular weight is 167 g/mol. The molecule has 0 aliphatic rings. The fourth-order valence-corrected chi connectivity index (χ4v) is 1.43. The van der Waals surface area contributed by atoms with Gasteiger partial charge in [-0.1, -0.05) is 6.92 Å². The molecular weight excluding hydrogens is 154 g/mol. The molecule has 3 nitrogen and oxygen atoms in total. The molecule has 0 aromatic carbocycles. The standard InChI is InChI=1S/C9H13NO2/c1-4-7-5(2)8(11)9(12)10-6(7)3/h11H,4H2,1-3H3,(H,10,12). The first-order valence-corrected chi connectivity index (χ1v) is 3.99. The second-order valence-corrected chi connectivity index (χ2v) is 2.88. The van der Waals surface area contributed by atoms with E-state index in [1.807, 2.05) is 13.8 Å². The van der Waals surface area contributed by atoms with Gasteiger partial charge in [0.2, 0.25) is 0 Å². The van der Waals surface area contributed by atoms with E-state index in [1.165, 1.54) is 0 Å². The van der Waals surface area contributed by atoms with Crippen molar-refractivity contribution in [3.8, 4) is 5.75 Å². The third-order valence-corrected chi connectivity index (χ3v) is 2.13. The fraction of sp³-hybridized carbons (Fsp3) is 0.444. The summed E-state index contributed by atoms with van der Waals surface area (Å²) in [7, 11) is 0. The lowest BCUT2D eigenvalue weighted by atomic mass is 10.1. The summed E-state index contributed by atoms with van der Waals surface area (Å²) in [5, 5.41) is 9.30. The maximum Gasteiger partial charge on any atom is 0.290 e. The van der Waals surface area contributed by atoms with Crippen LogP contribution in [0, 0.1) is 13.8 Å². The molecule has 0 saturated carbocycles. The fourth-order valence-electron chi connectivity index (χ4n) is 1.43. The molecule has 0 aliphatic heterocycles. The summed E-state index contributed by atoms with van der Waals surface area (Å²) in [6, 6.07) is 0. The molecule has 0 bridgehead atoms. The van der Waals surface area contributed by atoms with Crippen molar-refractivity contribution in [3.63, 3.8) is 0 Å². The molecule has 0 saturated heterocycles. The number of hydrogen-bond donors (Lipinski definition) is 2. The smallest absolute Gasteiger partial charge is 0.290 e. The molecule has 1 heterocycles. The van der Waals surface area contributed by atoms with Gasteiger partial charge in [0, 0.05) is 11.3 Å². The van der Waals surface area contributed by atoms with E-state index in [4.69, 9.17) is 0 Å². The molecule has 1 aromatic heterocycles. The van der Waals surface area contributed by atoms with E-state index in [2.05, 4.69) is 4.98 Å².